The second kappa shape index (κ2) is 7.09. The van der Waals surface area contributed by atoms with Crippen molar-refractivity contribution in [1.29, 1.82) is 0 Å². The van der Waals surface area contributed by atoms with E-state index in [0.29, 0.717) is 11.5 Å². The zero-order valence-electron chi connectivity index (χ0n) is 11.9. The molecule has 0 radical (unpaired) electrons. The number of rotatable bonds is 4. The van der Waals surface area contributed by atoms with Crippen LogP contribution >= 0.6 is 15.9 Å². The summed E-state index contributed by atoms with van der Waals surface area (Å²) in [6.07, 6.45) is 2.35. The van der Waals surface area contributed by atoms with Crippen molar-refractivity contribution >= 4 is 21.8 Å². The monoisotopic (exact) mass is 340 g/mol. The minimum absolute atomic E-state index is 0.0357. The largest absolute Gasteiger partial charge is 0.496 e. The molecule has 20 heavy (non-hydrogen) atoms. The molecule has 0 saturated carbocycles. The molecule has 1 fully saturated rings. The number of carbonyl (C=O) groups is 1. The van der Waals surface area contributed by atoms with Crippen molar-refractivity contribution in [3.8, 4) is 5.75 Å². The van der Waals surface area contributed by atoms with Crippen LogP contribution in [0.1, 0.15) is 30.1 Å². The number of benzene rings is 1. The average Bonchev–Trinajstić information content (AvgIpc) is 2.48. The molecule has 1 aliphatic rings. The molecule has 1 heterocycles. The van der Waals surface area contributed by atoms with E-state index in [2.05, 4.69) is 33.5 Å². The third-order valence-corrected chi connectivity index (χ3v) is 4.43. The van der Waals surface area contributed by atoms with Crippen molar-refractivity contribution in [3.05, 3.63) is 28.2 Å². The lowest BCUT2D eigenvalue weighted by Gasteiger charge is -2.29. The Morgan fingerprint density at radius 2 is 2.35 bits per heavy atom. The van der Waals surface area contributed by atoms with Gasteiger partial charge in [-0.25, -0.2) is 0 Å². The first kappa shape index (κ1) is 15.3. The van der Waals surface area contributed by atoms with Gasteiger partial charge < -0.3 is 15.4 Å². The van der Waals surface area contributed by atoms with E-state index in [-0.39, 0.29) is 11.9 Å². The number of hydrogen-bond acceptors (Lipinski definition) is 3. The fourth-order valence-corrected chi connectivity index (χ4v) is 3.06. The van der Waals surface area contributed by atoms with E-state index in [1.165, 1.54) is 12.8 Å². The Kier molecular flexibility index (Phi) is 5.43. The lowest BCUT2D eigenvalue weighted by molar-refractivity contribution is 0.0922. The van der Waals surface area contributed by atoms with Gasteiger partial charge in [0.2, 0.25) is 0 Å². The molecule has 1 aromatic rings. The molecule has 1 aromatic carbocycles. The van der Waals surface area contributed by atoms with Crippen molar-refractivity contribution in [2.75, 3.05) is 20.2 Å². The maximum absolute atomic E-state index is 12.3. The number of carbonyl (C=O) groups excluding carboxylic acids is 1. The van der Waals surface area contributed by atoms with Crippen LogP contribution in [0.4, 0.5) is 0 Å². The molecule has 4 nitrogen and oxygen atoms in total. The first-order valence-electron chi connectivity index (χ1n) is 6.97. The number of amides is 1. The van der Waals surface area contributed by atoms with Crippen LogP contribution in [0.2, 0.25) is 0 Å². The maximum atomic E-state index is 12.3. The molecule has 110 valence electrons. The third-order valence-electron chi connectivity index (χ3n) is 3.81. The summed E-state index contributed by atoms with van der Waals surface area (Å²) < 4.78 is 5.96. The van der Waals surface area contributed by atoms with Crippen LogP contribution in [0.3, 0.4) is 0 Å². The maximum Gasteiger partial charge on any atom is 0.251 e. The molecule has 0 bridgehead atoms. The number of halogens is 1. The van der Waals surface area contributed by atoms with Crippen LogP contribution in [-0.4, -0.2) is 32.1 Å². The molecular formula is C15H21BrN2O2. The molecule has 2 unspecified atom stereocenters. The summed E-state index contributed by atoms with van der Waals surface area (Å²) in [4.78, 5) is 12.3. The van der Waals surface area contributed by atoms with Crippen LogP contribution in [-0.2, 0) is 0 Å². The molecule has 0 spiro atoms. The van der Waals surface area contributed by atoms with Crippen LogP contribution in [0, 0.1) is 5.92 Å². The highest BCUT2D eigenvalue weighted by molar-refractivity contribution is 9.10. The average molecular weight is 341 g/mol. The van der Waals surface area contributed by atoms with Gasteiger partial charge in [0, 0.05) is 11.6 Å². The number of nitrogens with one attached hydrogen (secondary N) is 2. The van der Waals surface area contributed by atoms with E-state index in [0.717, 1.165) is 23.3 Å². The van der Waals surface area contributed by atoms with Crippen molar-refractivity contribution in [2.45, 2.75) is 25.8 Å². The van der Waals surface area contributed by atoms with E-state index >= 15 is 0 Å². The quantitative estimate of drug-likeness (QED) is 0.885. The Hall–Kier alpha value is -1.07. The summed E-state index contributed by atoms with van der Waals surface area (Å²) in [5.41, 5.74) is 0.647. The molecule has 5 heteroatoms. The number of piperidine rings is 1. The number of methoxy groups -OCH3 is 1. The van der Waals surface area contributed by atoms with Gasteiger partial charge in [-0.2, -0.15) is 0 Å². The highest BCUT2D eigenvalue weighted by atomic mass is 79.9. The summed E-state index contributed by atoms with van der Waals surface area (Å²) in [7, 11) is 1.61. The Morgan fingerprint density at radius 3 is 2.95 bits per heavy atom. The first-order valence-corrected chi connectivity index (χ1v) is 7.76. The van der Waals surface area contributed by atoms with E-state index < -0.39 is 0 Å². The van der Waals surface area contributed by atoms with Gasteiger partial charge in [0.25, 0.3) is 5.91 Å². The Labute approximate surface area is 128 Å². The second-order valence-electron chi connectivity index (χ2n) is 5.22. The van der Waals surface area contributed by atoms with E-state index in [1.807, 2.05) is 0 Å². The first-order chi connectivity index (χ1) is 9.61. The van der Waals surface area contributed by atoms with Crippen LogP contribution in [0.15, 0.2) is 22.7 Å². The molecule has 0 aliphatic carbocycles. The minimum atomic E-state index is -0.0357. The Bertz CT molecular complexity index is 473. The highest BCUT2D eigenvalue weighted by Crippen LogP contribution is 2.25. The standard InChI is InChI=1S/C15H21BrN2O2/c1-10(12-4-3-7-17-9-12)18-15(19)11-5-6-14(20-2)13(16)8-11/h5-6,8,10,12,17H,3-4,7,9H2,1-2H3,(H,18,19). The smallest absolute Gasteiger partial charge is 0.251 e. The Morgan fingerprint density at radius 1 is 1.55 bits per heavy atom. The molecule has 2 N–H and O–H groups in total. The van der Waals surface area contributed by atoms with Gasteiger partial charge in [-0.05, 0) is 72.9 Å². The van der Waals surface area contributed by atoms with E-state index in [1.54, 1.807) is 25.3 Å². The normalized spacial score (nSPS) is 20.2. The van der Waals surface area contributed by atoms with Crippen molar-refractivity contribution in [1.82, 2.24) is 10.6 Å². The van der Waals surface area contributed by atoms with Gasteiger partial charge in [0.05, 0.1) is 11.6 Å². The molecule has 2 atom stereocenters. The predicted octanol–water partition coefficient (Wildman–Crippen LogP) is 2.58. The molecule has 1 saturated heterocycles. The van der Waals surface area contributed by atoms with Gasteiger partial charge in [0.1, 0.15) is 5.75 Å². The van der Waals surface area contributed by atoms with Gasteiger partial charge in [-0.1, -0.05) is 0 Å². The summed E-state index contributed by atoms with van der Waals surface area (Å²) in [6.45, 7) is 4.14. The highest BCUT2D eigenvalue weighted by Gasteiger charge is 2.21. The SMILES string of the molecule is COc1ccc(C(=O)NC(C)C2CCCNC2)cc1Br. The van der Waals surface area contributed by atoms with Crippen molar-refractivity contribution in [2.24, 2.45) is 5.92 Å². The zero-order valence-corrected chi connectivity index (χ0v) is 13.5. The number of ether oxygens (including phenoxy) is 1. The molecule has 1 aliphatic heterocycles. The van der Waals surface area contributed by atoms with Crippen LogP contribution < -0.4 is 15.4 Å². The third kappa shape index (κ3) is 3.73. The van der Waals surface area contributed by atoms with Crippen molar-refractivity contribution < 1.29 is 9.53 Å². The van der Waals surface area contributed by atoms with Gasteiger partial charge in [-0.15, -0.1) is 0 Å². The minimum Gasteiger partial charge on any atom is -0.496 e. The van der Waals surface area contributed by atoms with Crippen molar-refractivity contribution in [3.63, 3.8) is 0 Å². The summed E-state index contributed by atoms with van der Waals surface area (Å²) >= 11 is 3.40. The van der Waals surface area contributed by atoms with E-state index in [9.17, 15) is 4.79 Å². The second-order valence-corrected chi connectivity index (χ2v) is 6.07. The molecular weight excluding hydrogens is 320 g/mol. The van der Waals surface area contributed by atoms with Crippen LogP contribution in [0.5, 0.6) is 5.75 Å². The topological polar surface area (TPSA) is 50.4 Å². The fraction of sp³-hybridized carbons (Fsp3) is 0.533. The van der Waals surface area contributed by atoms with Gasteiger partial charge >= 0.3 is 0 Å². The van der Waals surface area contributed by atoms with Crippen LogP contribution in [0.25, 0.3) is 0 Å². The molecule has 0 aromatic heterocycles. The Balaban J connectivity index is 1.98. The fourth-order valence-electron chi connectivity index (χ4n) is 2.52. The van der Waals surface area contributed by atoms with Gasteiger partial charge in [0.15, 0.2) is 0 Å². The lowest BCUT2D eigenvalue weighted by Crippen LogP contribution is -2.44. The zero-order chi connectivity index (χ0) is 14.5. The number of hydrogen-bond donors (Lipinski definition) is 2. The predicted molar refractivity (Wildman–Crippen MR) is 83.2 cm³/mol. The summed E-state index contributed by atoms with van der Waals surface area (Å²) in [5.74, 6) is 1.20. The molecule has 1 amide bonds. The lowest BCUT2D eigenvalue weighted by atomic mass is 9.92. The summed E-state index contributed by atoms with van der Waals surface area (Å²) in [5, 5.41) is 6.47. The molecule has 2 rings (SSSR count). The van der Waals surface area contributed by atoms with E-state index in [4.69, 9.17) is 4.74 Å². The van der Waals surface area contributed by atoms with Gasteiger partial charge in [-0.3, -0.25) is 4.79 Å². The summed E-state index contributed by atoms with van der Waals surface area (Å²) in [6, 6.07) is 5.55.